The number of ether oxygens (including phenoxy) is 2. The molecule has 0 fully saturated rings. The van der Waals surface area contributed by atoms with Crippen LogP contribution in [0.2, 0.25) is 0 Å². The monoisotopic (exact) mass is 378 g/mol. The Morgan fingerprint density at radius 3 is 2.75 bits per heavy atom. The van der Waals surface area contributed by atoms with E-state index in [4.69, 9.17) is 14.0 Å². The predicted octanol–water partition coefficient (Wildman–Crippen LogP) is 4.13. The minimum absolute atomic E-state index is 0.0200. The van der Waals surface area contributed by atoms with Gasteiger partial charge in [0.05, 0.1) is 5.69 Å². The summed E-state index contributed by atoms with van der Waals surface area (Å²) in [5.74, 6) is 1.56. The second-order valence-electron chi connectivity index (χ2n) is 6.94. The third kappa shape index (κ3) is 3.71. The van der Waals surface area contributed by atoms with E-state index in [0.717, 1.165) is 18.4 Å². The van der Waals surface area contributed by atoms with Crippen molar-refractivity contribution >= 4 is 5.91 Å². The molecule has 2 heterocycles. The largest absolute Gasteiger partial charge is 0.454 e. The van der Waals surface area contributed by atoms with Crippen LogP contribution in [-0.4, -0.2) is 23.9 Å². The summed E-state index contributed by atoms with van der Waals surface area (Å²) in [6, 6.07) is 15.7. The number of aromatic nitrogens is 1. The lowest BCUT2D eigenvalue weighted by Crippen LogP contribution is -2.33. The average molecular weight is 378 g/mol. The molecule has 6 heteroatoms. The van der Waals surface area contributed by atoms with Crippen LogP contribution in [0.1, 0.15) is 35.0 Å². The van der Waals surface area contributed by atoms with Crippen molar-refractivity contribution in [1.82, 2.24) is 10.5 Å². The molecule has 28 heavy (non-hydrogen) atoms. The van der Waals surface area contributed by atoms with E-state index in [1.165, 1.54) is 5.56 Å². The van der Waals surface area contributed by atoms with E-state index >= 15 is 0 Å². The summed E-state index contributed by atoms with van der Waals surface area (Å²) < 4.78 is 16.2. The van der Waals surface area contributed by atoms with Crippen LogP contribution >= 0.6 is 0 Å². The fourth-order valence-corrected chi connectivity index (χ4v) is 3.27. The molecule has 0 saturated heterocycles. The zero-order valence-corrected chi connectivity index (χ0v) is 15.9. The molecule has 0 spiro atoms. The van der Waals surface area contributed by atoms with Gasteiger partial charge in [0.2, 0.25) is 6.79 Å². The number of benzene rings is 2. The van der Waals surface area contributed by atoms with Gasteiger partial charge in [-0.25, -0.2) is 0 Å². The van der Waals surface area contributed by atoms with Gasteiger partial charge < -0.3 is 19.3 Å². The summed E-state index contributed by atoms with van der Waals surface area (Å²) in [5, 5.41) is 7.06. The van der Waals surface area contributed by atoms with Crippen molar-refractivity contribution in [2.45, 2.75) is 32.7 Å². The van der Waals surface area contributed by atoms with E-state index in [-0.39, 0.29) is 18.7 Å². The van der Waals surface area contributed by atoms with E-state index in [1.54, 1.807) is 19.1 Å². The third-order valence-corrected chi connectivity index (χ3v) is 4.81. The molecule has 0 unspecified atom stereocenters. The number of aryl methyl sites for hydroxylation is 2. The molecule has 1 aliphatic heterocycles. The minimum atomic E-state index is -0.188. The Morgan fingerprint density at radius 2 is 1.93 bits per heavy atom. The second kappa shape index (κ2) is 7.76. The van der Waals surface area contributed by atoms with Gasteiger partial charge in [-0.2, -0.15) is 0 Å². The zero-order chi connectivity index (χ0) is 19.5. The van der Waals surface area contributed by atoms with Crippen molar-refractivity contribution in [3.05, 3.63) is 65.4 Å². The van der Waals surface area contributed by atoms with Crippen LogP contribution in [0.3, 0.4) is 0 Å². The van der Waals surface area contributed by atoms with E-state index in [1.807, 2.05) is 31.2 Å². The van der Waals surface area contributed by atoms with Crippen molar-refractivity contribution in [2.24, 2.45) is 0 Å². The highest BCUT2D eigenvalue weighted by molar-refractivity contribution is 6.00. The molecule has 1 N–H and O–H groups in total. The van der Waals surface area contributed by atoms with E-state index in [9.17, 15) is 4.79 Å². The molecule has 0 bridgehead atoms. The summed E-state index contributed by atoms with van der Waals surface area (Å²) in [4.78, 5) is 12.9. The highest BCUT2D eigenvalue weighted by Gasteiger charge is 2.24. The molecule has 3 aromatic rings. The summed E-state index contributed by atoms with van der Waals surface area (Å²) in [6.07, 6.45) is 1.75. The van der Waals surface area contributed by atoms with Crippen LogP contribution in [0.25, 0.3) is 11.3 Å². The van der Waals surface area contributed by atoms with Crippen molar-refractivity contribution < 1.29 is 18.8 Å². The Kier molecular flexibility index (Phi) is 5.02. The summed E-state index contributed by atoms with van der Waals surface area (Å²) in [7, 11) is 0. The van der Waals surface area contributed by atoms with Crippen LogP contribution < -0.4 is 14.8 Å². The van der Waals surface area contributed by atoms with Crippen LogP contribution in [0.5, 0.6) is 11.5 Å². The molecular formula is C22H22N2O4. The molecule has 0 saturated carbocycles. The van der Waals surface area contributed by atoms with Gasteiger partial charge >= 0.3 is 0 Å². The fourth-order valence-electron chi connectivity index (χ4n) is 3.27. The van der Waals surface area contributed by atoms with Gasteiger partial charge in [-0.3, -0.25) is 4.79 Å². The van der Waals surface area contributed by atoms with Gasteiger partial charge in [0.1, 0.15) is 5.56 Å². The number of nitrogens with one attached hydrogen (secondary N) is 1. The quantitative estimate of drug-likeness (QED) is 0.698. The maximum Gasteiger partial charge on any atom is 0.257 e. The first-order valence-corrected chi connectivity index (χ1v) is 9.33. The highest BCUT2D eigenvalue weighted by Crippen LogP contribution is 2.37. The lowest BCUT2D eigenvalue weighted by Gasteiger charge is -2.14. The van der Waals surface area contributed by atoms with Crippen LogP contribution in [0, 0.1) is 6.92 Å². The summed E-state index contributed by atoms with van der Waals surface area (Å²) in [6.45, 7) is 3.97. The first-order chi connectivity index (χ1) is 13.6. The van der Waals surface area contributed by atoms with E-state index in [2.05, 4.69) is 22.6 Å². The van der Waals surface area contributed by atoms with Gasteiger partial charge in [-0.05, 0) is 50.5 Å². The Morgan fingerprint density at radius 1 is 1.14 bits per heavy atom. The standard InChI is InChI=1S/C22H22N2O4/c1-14(8-9-16-6-4-3-5-7-16)23-22(25)20-15(2)24-28-21(20)17-10-11-18-19(12-17)27-13-26-18/h3-7,10-12,14H,8-9,13H2,1-2H3,(H,23,25)/t14-/m1/s1. The fraction of sp³-hybridized carbons (Fsp3) is 0.273. The first-order valence-electron chi connectivity index (χ1n) is 9.33. The van der Waals surface area contributed by atoms with Crippen LogP contribution in [0.4, 0.5) is 0 Å². The predicted molar refractivity (Wildman–Crippen MR) is 104 cm³/mol. The maximum absolute atomic E-state index is 12.9. The molecule has 4 rings (SSSR count). The first kappa shape index (κ1) is 18.1. The number of carbonyl (C=O) groups is 1. The van der Waals surface area contributed by atoms with Crippen LogP contribution in [0.15, 0.2) is 53.1 Å². The van der Waals surface area contributed by atoms with Crippen molar-refractivity contribution in [2.75, 3.05) is 6.79 Å². The van der Waals surface area contributed by atoms with E-state index < -0.39 is 0 Å². The minimum Gasteiger partial charge on any atom is -0.454 e. The van der Waals surface area contributed by atoms with Crippen molar-refractivity contribution in [1.29, 1.82) is 0 Å². The SMILES string of the molecule is Cc1noc(-c2ccc3c(c2)OCO3)c1C(=O)N[C@H](C)CCc1ccccc1. The maximum atomic E-state index is 12.9. The number of hydrogen-bond acceptors (Lipinski definition) is 5. The normalized spacial score (nSPS) is 13.4. The molecule has 6 nitrogen and oxygen atoms in total. The Hall–Kier alpha value is -3.28. The smallest absolute Gasteiger partial charge is 0.257 e. The van der Waals surface area contributed by atoms with Gasteiger partial charge in [0.25, 0.3) is 5.91 Å². The summed E-state index contributed by atoms with van der Waals surface area (Å²) in [5.41, 5.74) is 2.99. The molecule has 1 atom stereocenters. The van der Waals surface area contributed by atoms with Crippen LogP contribution in [-0.2, 0) is 6.42 Å². The number of rotatable bonds is 6. The molecule has 0 radical (unpaired) electrons. The Labute approximate surface area is 163 Å². The van der Waals surface area contributed by atoms with Gasteiger partial charge in [0, 0.05) is 11.6 Å². The molecule has 144 valence electrons. The summed E-state index contributed by atoms with van der Waals surface area (Å²) >= 11 is 0. The number of carbonyl (C=O) groups excluding carboxylic acids is 1. The Bertz CT molecular complexity index is 981. The van der Waals surface area contributed by atoms with Gasteiger partial charge in [-0.15, -0.1) is 0 Å². The highest BCUT2D eigenvalue weighted by atomic mass is 16.7. The molecule has 2 aromatic carbocycles. The van der Waals surface area contributed by atoms with Gasteiger partial charge in [0.15, 0.2) is 17.3 Å². The lowest BCUT2D eigenvalue weighted by molar-refractivity contribution is 0.0938. The molecule has 1 amide bonds. The Balaban J connectivity index is 1.48. The third-order valence-electron chi connectivity index (χ3n) is 4.81. The zero-order valence-electron chi connectivity index (χ0n) is 15.9. The molecular weight excluding hydrogens is 356 g/mol. The number of amides is 1. The second-order valence-corrected chi connectivity index (χ2v) is 6.94. The number of fused-ring (bicyclic) bond motifs is 1. The average Bonchev–Trinajstić information content (AvgIpc) is 3.32. The van der Waals surface area contributed by atoms with E-state index in [0.29, 0.717) is 28.5 Å². The molecule has 0 aliphatic carbocycles. The van der Waals surface area contributed by atoms with Gasteiger partial charge in [-0.1, -0.05) is 35.5 Å². The number of nitrogens with zero attached hydrogens (tertiary/aromatic N) is 1. The number of hydrogen-bond donors (Lipinski definition) is 1. The topological polar surface area (TPSA) is 73.6 Å². The molecule has 1 aromatic heterocycles. The van der Waals surface area contributed by atoms with Crippen molar-refractivity contribution in [3.63, 3.8) is 0 Å². The molecule has 1 aliphatic rings. The lowest BCUT2D eigenvalue weighted by atomic mass is 10.0. The van der Waals surface area contributed by atoms with Crippen molar-refractivity contribution in [3.8, 4) is 22.8 Å².